The fourth-order valence-corrected chi connectivity index (χ4v) is 2.79. The highest BCUT2D eigenvalue weighted by atomic mass is 16.5. The molecule has 0 aliphatic carbocycles. The van der Waals surface area contributed by atoms with Gasteiger partial charge in [-0.3, -0.25) is 4.79 Å². The van der Waals surface area contributed by atoms with Crippen molar-refractivity contribution in [1.82, 2.24) is 10.1 Å². The summed E-state index contributed by atoms with van der Waals surface area (Å²) in [4.78, 5) is 17.8. The zero-order valence-electron chi connectivity index (χ0n) is 14.0. The molecule has 0 radical (unpaired) electrons. The van der Waals surface area contributed by atoms with Crippen LogP contribution in [0, 0.1) is 0 Å². The molecule has 2 aromatic rings. The maximum absolute atomic E-state index is 11.6. The molecule has 3 rings (SSSR count). The van der Waals surface area contributed by atoms with E-state index >= 15 is 0 Å². The van der Waals surface area contributed by atoms with E-state index in [0.29, 0.717) is 5.89 Å². The van der Waals surface area contributed by atoms with E-state index in [1.165, 1.54) is 5.56 Å². The van der Waals surface area contributed by atoms with Crippen molar-refractivity contribution in [3.05, 3.63) is 35.5 Å². The Bertz CT molecular complexity index is 723. The van der Waals surface area contributed by atoms with Crippen molar-refractivity contribution < 1.29 is 9.32 Å². The highest BCUT2D eigenvalue weighted by Gasteiger charge is 2.23. The topological polar surface area (TPSA) is 71.3 Å². The van der Waals surface area contributed by atoms with Crippen molar-refractivity contribution in [3.63, 3.8) is 0 Å². The second-order valence-electron chi connectivity index (χ2n) is 6.28. The first kappa shape index (κ1) is 15.5. The first-order valence-corrected chi connectivity index (χ1v) is 7.96. The van der Waals surface area contributed by atoms with Gasteiger partial charge in [-0.1, -0.05) is 19.0 Å². The Labute approximate surface area is 135 Å². The molecule has 1 aliphatic heterocycles. The van der Waals surface area contributed by atoms with E-state index < -0.39 is 0 Å². The summed E-state index contributed by atoms with van der Waals surface area (Å²) < 4.78 is 5.32. The number of nitrogens with one attached hydrogen (secondary N) is 1. The lowest BCUT2D eigenvalue weighted by Crippen LogP contribution is -2.25. The van der Waals surface area contributed by atoms with Crippen LogP contribution in [0.5, 0.6) is 0 Å². The van der Waals surface area contributed by atoms with Crippen LogP contribution < -0.4 is 10.2 Å². The monoisotopic (exact) mass is 314 g/mol. The van der Waals surface area contributed by atoms with Crippen LogP contribution in [0.15, 0.2) is 22.7 Å². The fourth-order valence-electron chi connectivity index (χ4n) is 2.79. The van der Waals surface area contributed by atoms with Crippen LogP contribution in [0.4, 0.5) is 11.4 Å². The van der Waals surface area contributed by atoms with Crippen molar-refractivity contribution in [2.75, 3.05) is 16.8 Å². The van der Waals surface area contributed by atoms with Gasteiger partial charge in [0.2, 0.25) is 11.8 Å². The van der Waals surface area contributed by atoms with Crippen molar-refractivity contribution in [2.24, 2.45) is 0 Å². The number of amides is 1. The second kappa shape index (κ2) is 6.02. The maximum Gasteiger partial charge on any atom is 0.248 e. The summed E-state index contributed by atoms with van der Waals surface area (Å²) in [6.07, 6.45) is 0.886. The molecule has 122 valence electrons. The summed E-state index contributed by atoms with van der Waals surface area (Å²) in [6.45, 7) is 8.42. The number of benzene rings is 1. The Morgan fingerprint density at radius 2 is 2.13 bits per heavy atom. The largest absolute Gasteiger partial charge is 0.374 e. The molecule has 0 bridgehead atoms. The Hall–Kier alpha value is -2.37. The molecule has 1 atom stereocenters. The summed E-state index contributed by atoms with van der Waals surface area (Å²) in [6, 6.07) is 6.00. The van der Waals surface area contributed by atoms with Gasteiger partial charge in [-0.05, 0) is 37.1 Å². The van der Waals surface area contributed by atoms with Crippen molar-refractivity contribution in [3.8, 4) is 0 Å². The third-order valence-corrected chi connectivity index (χ3v) is 4.08. The lowest BCUT2D eigenvalue weighted by atomic mass is 10.1. The SMILES string of the molecule is CC(=O)N1CCc2cc(N[C@H](C)c3nc(C(C)C)no3)ccc21. The summed E-state index contributed by atoms with van der Waals surface area (Å²) in [5, 5.41) is 7.38. The molecule has 0 fully saturated rings. The Balaban J connectivity index is 1.74. The molecular weight excluding hydrogens is 292 g/mol. The first-order valence-electron chi connectivity index (χ1n) is 7.96. The average molecular weight is 314 g/mol. The van der Waals surface area contributed by atoms with Crippen LogP contribution >= 0.6 is 0 Å². The number of aromatic nitrogens is 2. The molecule has 1 N–H and O–H groups in total. The molecule has 1 amide bonds. The van der Waals surface area contributed by atoms with E-state index in [-0.39, 0.29) is 17.9 Å². The van der Waals surface area contributed by atoms with E-state index in [1.54, 1.807) is 6.92 Å². The van der Waals surface area contributed by atoms with Gasteiger partial charge in [0.1, 0.15) is 6.04 Å². The van der Waals surface area contributed by atoms with Gasteiger partial charge in [0.05, 0.1) is 0 Å². The van der Waals surface area contributed by atoms with Crippen LogP contribution in [0.2, 0.25) is 0 Å². The van der Waals surface area contributed by atoms with Gasteiger partial charge in [0, 0.05) is 30.8 Å². The normalized spacial score (nSPS) is 14.9. The minimum Gasteiger partial charge on any atom is -0.374 e. The number of hydrogen-bond donors (Lipinski definition) is 1. The van der Waals surface area contributed by atoms with Crippen LogP contribution in [-0.4, -0.2) is 22.6 Å². The van der Waals surface area contributed by atoms with Gasteiger partial charge in [-0.15, -0.1) is 0 Å². The van der Waals surface area contributed by atoms with Crippen LogP contribution in [0.25, 0.3) is 0 Å². The molecule has 0 saturated heterocycles. The quantitative estimate of drug-likeness (QED) is 0.937. The standard InChI is InChI=1S/C17H22N4O2/c1-10(2)16-19-17(23-20-16)11(3)18-14-5-6-15-13(9-14)7-8-21(15)12(4)22/h5-6,9-11,18H,7-8H2,1-4H3/t11-/m1/s1. The van der Waals surface area contributed by atoms with E-state index in [0.717, 1.165) is 30.2 Å². The molecule has 23 heavy (non-hydrogen) atoms. The van der Waals surface area contributed by atoms with Crippen LogP contribution in [0.1, 0.15) is 56.9 Å². The number of hydrogen-bond acceptors (Lipinski definition) is 5. The Morgan fingerprint density at radius 3 is 2.78 bits per heavy atom. The molecule has 1 aromatic heterocycles. The molecule has 2 heterocycles. The van der Waals surface area contributed by atoms with Crippen LogP contribution in [-0.2, 0) is 11.2 Å². The van der Waals surface area contributed by atoms with Gasteiger partial charge in [-0.2, -0.15) is 4.98 Å². The van der Waals surface area contributed by atoms with Gasteiger partial charge in [-0.25, -0.2) is 0 Å². The summed E-state index contributed by atoms with van der Waals surface area (Å²) >= 11 is 0. The number of rotatable bonds is 4. The first-order chi connectivity index (χ1) is 11.0. The van der Waals surface area contributed by atoms with Gasteiger partial charge in [0.15, 0.2) is 5.82 Å². The zero-order valence-corrected chi connectivity index (χ0v) is 14.0. The number of fused-ring (bicyclic) bond motifs is 1. The van der Waals surface area contributed by atoms with Gasteiger partial charge < -0.3 is 14.7 Å². The predicted molar refractivity (Wildman–Crippen MR) is 88.6 cm³/mol. The summed E-state index contributed by atoms with van der Waals surface area (Å²) in [7, 11) is 0. The maximum atomic E-state index is 11.6. The number of carbonyl (C=O) groups is 1. The third kappa shape index (κ3) is 3.06. The highest BCUT2D eigenvalue weighted by molar-refractivity contribution is 5.94. The van der Waals surface area contributed by atoms with E-state index in [4.69, 9.17) is 4.52 Å². The van der Waals surface area contributed by atoms with Gasteiger partial charge in [0.25, 0.3) is 0 Å². The van der Waals surface area contributed by atoms with E-state index in [2.05, 4.69) is 21.5 Å². The molecule has 1 aromatic carbocycles. The molecule has 6 heteroatoms. The Morgan fingerprint density at radius 1 is 1.35 bits per heavy atom. The number of carbonyl (C=O) groups excluding carboxylic acids is 1. The van der Waals surface area contributed by atoms with Crippen LogP contribution in [0.3, 0.4) is 0 Å². The van der Waals surface area contributed by atoms with E-state index in [9.17, 15) is 4.79 Å². The number of anilines is 2. The third-order valence-electron chi connectivity index (χ3n) is 4.08. The minimum atomic E-state index is -0.0710. The van der Waals surface area contributed by atoms with Crippen molar-refractivity contribution in [2.45, 2.75) is 46.1 Å². The summed E-state index contributed by atoms with van der Waals surface area (Å²) in [5.41, 5.74) is 3.19. The predicted octanol–water partition coefficient (Wildman–Crippen LogP) is 3.28. The lowest BCUT2D eigenvalue weighted by molar-refractivity contribution is -0.116. The molecule has 0 spiro atoms. The van der Waals surface area contributed by atoms with E-state index in [1.807, 2.05) is 37.8 Å². The highest BCUT2D eigenvalue weighted by Crippen LogP contribution is 2.31. The Kier molecular flexibility index (Phi) is 4.07. The minimum absolute atomic E-state index is 0.0710. The molecule has 1 aliphatic rings. The second-order valence-corrected chi connectivity index (χ2v) is 6.28. The van der Waals surface area contributed by atoms with Crippen molar-refractivity contribution >= 4 is 17.3 Å². The zero-order chi connectivity index (χ0) is 16.6. The van der Waals surface area contributed by atoms with Crippen molar-refractivity contribution in [1.29, 1.82) is 0 Å². The summed E-state index contributed by atoms with van der Waals surface area (Å²) in [5.74, 6) is 1.64. The fraction of sp³-hybridized carbons (Fsp3) is 0.471. The lowest BCUT2D eigenvalue weighted by Gasteiger charge is -2.16. The molecule has 6 nitrogen and oxygen atoms in total. The smallest absolute Gasteiger partial charge is 0.248 e. The van der Waals surface area contributed by atoms with Gasteiger partial charge >= 0.3 is 0 Å². The molecule has 0 saturated carbocycles. The molecular formula is C17H22N4O2. The molecule has 0 unspecified atom stereocenters. The number of nitrogens with zero attached hydrogens (tertiary/aromatic N) is 3. The average Bonchev–Trinajstić information content (AvgIpc) is 3.13.